The van der Waals surface area contributed by atoms with Crippen molar-refractivity contribution >= 4 is 5.91 Å². The summed E-state index contributed by atoms with van der Waals surface area (Å²) in [6, 6.07) is 10.6. The standard InChI is InChI=1S/C26H27N5O2/c1-3-26(18-6-4-5-17(11-18)19-7-9-27-13-16(19)2)20-14-28-31-23(20)29-21-12-25(8-10-33-15-25)30-24(32)22(21)26/h4-7,9,11,13-14,23,29H,3,8,10,12,15H2,1-2H3,(H,30,32)/t23?,25-,26-/m0/s1. The minimum Gasteiger partial charge on any atom is -0.379 e. The molecule has 168 valence electrons. The van der Waals surface area contributed by atoms with E-state index in [1.807, 2.05) is 24.7 Å². The third kappa shape index (κ3) is 2.92. The van der Waals surface area contributed by atoms with Crippen LogP contribution in [0.3, 0.4) is 0 Å². The molecule has 1 amide bonds. The average Bonchev–Trinajstić information content (AvgIpc) is 3.47. The summed E-state index contributed by atoms with van der Waals surface area (Å²) in [6.07, 6.45) is 7.57. The van der Waals surface area contributed by atoms with Crippen molar-refractivity contribution in [3.05, 3.63) is 76.9 Å². The highest BCUT2D eigenvalue weighted by molar-refractivity contribution is 6.00. The van der Waals surface area contributed by atoms with Crippen molar-refractivity contribution in [2.75, 3.05) is 13.2 Å². The zero-order valence-electron chi connectivity index (χ0n) is 18.9. The lowest BCUT2D eigenvalue weighted by Crippen LogP contribution is -2.60. The minimum atomic E-state index is -0.600. The van der Waals surface area contributed by atoms with Crippen molar-refractivity contribution in [3.8, 4) is 11.1 Å². The number of rotatable bonds is 3. The summed E-state index contributed by atoms with van der Waals surface area (Å²) in [5, 5.41) is 15.6. The number of aryl methyl sites for hydroxylation is 1. The Morgan fingerprint density at radius 1 is 1.27 bits per heavy atom. The number of pyridine rings is 1. The topological polar surface area (TPSA) is 88.0 Å². The summed E-state index contributed by atoms with van der Waals surface area (Å²) in [4.78, 5) is 18.0. The van der Waals surface area contributed by atoms with E-state index >= 15 is 0 Å². The smallest absolute Gasteiger partial charge is 0.250 e. The molecule has 2 aromatic rings. The van der Waals surface area contributed by atoms with Crippen LogP contribution in [0.5, 0.6) is 0 Å². The normalized spacial score (nSPS) is 30.1. The van der Waals surface area contributed by atoms with Gasteiger partial charge in [0.2, 0.25) is 0 Å². The van der Waals surface area contributed by atoms with Crippen LogP contribution >= 0.6 is 0 Å². The molecule has 0 bridgehead atoms. The first-order valence-electron chi connectivity index (χ1n) is 11.6. The predicted molar refractivity (Wildman–Crippen MR) is 124 cm³/mol. The number of nitrogens with zero attached hydrogens (tertiary/aromatic N) is 3. The highest BCUT2D eigenvalue weighted by Crippen LogP contribution is 2.52. The summed E-state index contributed by atoms with van der Waals surface area (Å²) < 4.78 is 5.67. The number of fused-ring (bicyclic) bond motifs is 1. The fraction of sp³-hybridized carbons (Fsp3) is 0.385. The Kier molecular flexibility index (Phi) is 4.52. The maximum Gasteiger partial charge on any atom is 0.250 e. The molecule has 4 aliphatic heterocycles. The van der Waals surface area contributed by atoms with Crippen LogP contribution in [0, 0.1) is 6.92 Å². The Bertz CT molecular complexity index is 1240. The van der Waals surface area contributed by atoms with Gasteiger partial charge in [-0.15, -0.1) is 0 Å². The molecule has 1 aromatic heterocycles. The molecular weight excluding hydrogens is 414 g/mol. The van der Waals surface area contributed by atoms with Gasteiger partial charge in [-0.1, -0.05) is 25.1 Å². The van der Waals surface area contributed by atoms with Crippen molar-refractivity contribution in [2.24, 2.45) is 10.2 Å². The largest absolute Gasteiger partial charge is 0.379 e. The summed E-state index contributed by atoms with van der Waals surface area (Å²) in [7, 11) is 0. The Labute approximate surface area is 193 Å². The lowest BCUT2D eigenvalue weighted by molar-refractivity contribution is -0.121. The van der Waals surface area contributed by atoms with Gasteiger partial charge in [-0.2, -0.15) is 10.2 Å². The van der Waals surface area contributed by atoms with Gasteiger partial charge in [0.1, 0.15) is 0 Å². The van der Waals surface area contributed by atoms with Gasteiger partial charge < -0.3 is 15.4 Å². The highest BCUT2D eigenvalue weighted by Gasteiger charge is 2.55. The third-order valence-electron chi connectivity index (χ3n) is 7.65. The van der Waals surface area contributed by atoms with Gasteiger partial charge in [0.05, 0.1) is 29.3 Å². The predicted octanol–water partition coefficient (Wildman–Crippen LogP) is 3.92. The number of azo groups is 1. The number of nitrogens with one attached hydrogen (secondary N) is 2. The molecule has 1 unspecified atom stereocenters. The van der Waals surface area contributed by atoms with Crippen molar-refractivity contribution in [3.63, 3.8) is 0 Å². The molecule has 0 aliphatic carbocycles. The monoisotopic (exact) mass is 441 g/mol. The van der Waals surface area contributed by atoms with Gasteiger partial charge >= 0.3 is 0 Å². The van der Waals surface area contributed by atoms with E-state index in [-0.39, 0.29) is 17.6 Å². The second-order valence-electron chi connectivity index (χ2n) is 9.46. The lowest BCUT2D eigenvalue weighted by Gasteiger charge is -2.48. The van der Waals surface area contributed by atoms with Crippen LogP contribution in [0.1, 0.15) is 37.3 Å². The summed E-state index contributed by atoms with van der Waals surface area (Å²) >= 11 is 0. The van der Waals surface area contributed by atoms with Crippen LogP contribution in [0.15, 0.2) is 76.0 Å². The molecule has 4 aliphatic rings. The first kappa shape index (κ1) is 20.3. The van der Waals surface area contributed by atoms with Crippen molar-refractivity contribution in [2.45, 2.75) is 50.2 Å². The van der Waals surface area contributed by atoms with E-state index in [4.69, 9.17) is 4.74 Å². The maximum atomic E-state index is 13.8. The van der Waals surface area contributed by atoms with Crippen molar-refractivity contribution in [1.82, 2.24) is 15.6 Å². The van der Waals surface area contributed by atoms with Gasteiger partial charge in [0.25, 0.3) is 5.91 Å². The van der Waals surface area contributed by atoms with Crippen LogP contribution in [0.2, 0.25) is 0 Å². The number of hydrogen-bond donors (Lipinski definition) is 2. The molecule has 1 fully saturated rings. The molecule has 0 saturated carbocycles. The molecular formula is C26H27N5O2. The van der Waals surface area contributed by atoms with E-state index in [0.29, 0.717) is 13.2 Å². The van der Waals surface area contributed by atoms with Gasteiger partial charge in [0.15, 0.2) is 6.17 Å². The number of amides is 1. The third-order valence-corrected chi connectivity index (χ3v) is 7.65. The molecule has 1 saturated heterocycles. The van der Waals surface area contributed by atoms with E-state index in [1.54, 1.807) is 0 Å². The number of benzene rings is 1. The number of carbonyl (C=O) groups excluding carboxylic acids is 1. The molecule has 6 rings (SSSR count). The molecule has 33 heavy (non-hydrogen) atoms. The van der Waals surface area contributed by atoms with E-state index < -0.39 is 5.41 Å². The van der Waals surface area contributed by atoms with Gasteiger partial charge in [-0.3, -0.25) is 9.78 Å². The molecule has 2 N–H and O–H groups in total. The highest BCUT2D eigenvalue weighted by atomic mass is 16.5. The van der Waals surface area contributed by atoms with Crippen LogP contribution < -0.4 is 10.6 Å². The Hall–Kier alpha value is -3.32. The molecule has 0 radical (unpaired) electrons. The van der Waals surface area contributed by atoms with Crippen LogP contribution in [-0.4, -0.2) is 35.8 Å². The second-order valence-corrected chi connectivity index (χ2v) is 9.46. The lowest BCUT2D eigenvalue weighted by atomic mass is 9.61. The van der Waals surface area contributed by atoms with Gasteiger partial charge in [0, 0.05) is 36.7 Å². The fourth-order valence-corrected chi connectivity index (χ4v) is 6.03. The number of carbonyl (C=O) groups is 1. The number of ether oxygens (including phenoxy) is 1. The molecule has 7 nitrogen and oxygen atoms in total. The number of hydrogen-bond acceptors (Lipinski definition) is 6. The van der Waals surface area contributed by atoms with E-state index in [1.165, 1.54) is 0 Å². The fourth-order valence-electron chi connectivity index (χ4n) is 6.03. The van der Waals surface area contributed by atoms with Crippen LogP contribution in [-0.2, 0) is 14.9 Å². The van der Waals surface area contributed by atoms with Crippen molar-refractivity contribution in [1.29, 1.82) is 0 Å². The van der Waals surface area contributed by atoms with Gasteiger partial charge in [-0.25, -0.2) is 0 Å². The van der Waals surface area contributed by atoms with Crippen LogP contribution in [0.25, 0.3) is 11.1 Å². The van der Waals surface area contributed by atoms with Gasteiger partial charge in [-0.05, 0) is 54.2 Å². The first-order chi connectivity index (χ1) is 16.1. The quantitative estimate of drug-likeness (QED) is 0.756. The summed E-state index contributed by atoms with van der Waals surface area (Å²) in [5.41, 5.74) is 6.31. The molecule has 3 atom stereocenters. The zero-order chi connectivity index (χ0) is 22.6. The Balaban J connectivity index is 1.55. The van der Waals surface area contributed by atoms with Crippen molar-refractivity contribution < 1.29 is 9.53 Å². The van der Waals surface area contributed by atoms with Crippen LogP contribution in [0.4, 0.5) is 0 Å². The van der Waals surface area contributed by atoms with E-state index in [2.05, 4.69) is 64.0 Å². The molecule has 1 spiro atoms. The SMILES string of the molecule is CC[C@]1(c2cccc(-c3ccncc3C)c2)C2=CN=NC2NC2=C1C(=O)N[C@@]1(CCOC1)C2. The van der Waals surface area contributed by atoms with E-state index in [9.17, 15) is 4.79 Å². The average molecular weight is 442 g/mol. The minimum absolute atomic E-state index is 0.0205. The zero-order valence-corrected chi connectivity index (χ0v) is 18.9. The molecule has 1 aromatic carbocycles. The Morgan fingerprint density at radius 2 is 2.18 bits per heavy atom. The molecule has 5 heterocycles. The summed E-state index contributed by atoms with van der Waals surface area (Å²) in [5.74, 6) is -0.0205. The second kappa shape index (κ2) is 7.35. The maximum absolute atomic E-state index is 13.8. The number of aromatic nitrogens is 1. The Morgan fingerprint density at radius 3 is 2.97 bits per heavy atom. The van der Waals surface area contributed by atoms with E-state index in [0.717, 1.165) is 58.4 Å². The molecule has 7 heteroatoms. The first-order valence-corrected chi connectivity index (χ1v) is 11.6. The summed E-state index contributed by atoms with van der Waals surface area (Å²) in [6.45, 7) is 5.43.